The van der Waals surface area contributed by atoms with Gasteiger partial charge in [0.05, 0.1) is 17.9 Å². The number of morpholine rings is 1. The lowest BCUT2D eigenvalue weighted by Crippen LogP contribution is -2.47. The number of ether oxygens (including phenoxy) is 1. The molecule has 134 valence electrons. The van der Waals surface area contributed by atoms with Gasteiger partial charge >= 0.3 is 0 Å². The van der Waals surface area contributed by atoms with Crippen molar-refractivity contribution in [2.75, 3.05) is 26.2 Å². The average molecular weight is 346 g/mol. The summed E-state index contributed by atoms with van der Waals surface area (Å²) in [6.45, 7) is 7.17. The number of halogens is 1. The van der Waals surface area contributed by atoms with Gasteiger partial charge < -0.3 is 10.1 Å². The second-order valence-electron chi connectivity index (χ2n) is 6.40. The molecule has 0 unspecified atom stereocenters. The number of nitrogens with zero attached hydrogens (tertiary/aromatic N) is 3. The Morgan fingerprint density at radius 3 is 2.80 bits per heavy atom. The lowest BCUT2D eigenvalue weighted by Gasteiger charge is -2.35. The van der Waals surface area contributed by atoms with E-state index in [1.807, 2.05) is 0 Å². The van der Waals surface area contributed by atoms with Crippen LogP contribution >= 0.6 is 0 Å². The Bertz CT molecular complexity index is 723. The number of hydrogen-bond acceptors (Lipinski definition) is 4. The molecular weight excluding hydrogens is 323 g/mol. The highest BCUT2D eigenvalue weighted by molar-refractivity contribution is 5.92. The van der Waals surface area contributed by atoms with Gasteiger partial charge in [0.2, 0.25) is 0 Å². The molecule has 0 spiro atoms. The summed E-state index contributed by atoms with van der Waals surface area (Å²) in [5, 5.41) is 7.10. The fourth-order valence-electron chi connectivity index (χ4n) is 3.09. The fourth-order valence-corrected chi connectivity index (χ4v) is 3.09. The van der Waals surface area contributed by atoms with Crippen molar-refractivity contribution in [2.45, 2.75) is 26.1 Å². The van der Waals surface area contributed by atoms with E-state index in [1.165, 1.54) is 16.8 Å². The third kappa shape index (κ3) is 4.64. The highest BCUT2D eigenvalue weighted by Crippen LogP contribution is 2.11. The number of benzene rings is 1. The van der Waals surface area contributed by atoms with Crippen LogP contribution in [0.4, 0.5) is 4.39 Å². The first-order chi connectivity index (χ1) is 12.0. The molecular formula is C18H23FN4O2. The van der Waals surface area contributed by atoms with Gasteiger partial charge in [0, 0.05) is 32.4 Å². The molecule has 0 radical (unpaired) electrons. The molecule has 2 aromatic rings. The summed E-state index contributed by atoms with van der Waals surface area (Å²) in [7, 11) is 0. The second-order valence-corrected chi connectivity index (χ2v) is 6.40. The van der Waals surface area contributed by atoms with Crippen LogP contribution in [0.3, 0.4) is 0 Å². The van der Waals surface area contributed by atoms with E-state index >= 15 is 0 Å². The van der Waals surface area contributed by atoms with Crippen molar-refractivity contribution in [3.63, 3.8) is 0 Å². The standard InChI is InChI=1S/C18H23FN4O2/c1-13-11-22(12-14(2)25-13)9-7-20-18(24)17-6-8-23(21-17)16-5-3-4-15(19)10-16/h3-6,8,10,13-14H,7,9,11-12H2,1-2H3,(H,20,24)/t13-,14-/m0/s1. The molecule has 2 heterocycles. The third-order valence-corrected chi connectivity index (χ3v) is 4.10. The Labute approximate surface area is 146 Å². The molecule has 0 saturated carbocycles. The molecule has 1 N–H and O–H groups in total. The maximum atomic E-state index is 13.3. The average Bonchev–Trinajstić information content (AvgIpc) is 3.04. The van der Waals surface area contributed by atoms with Crippen LogP contribution in [0.15, 0.2) is 36.5 Å². The monoisotopic (exact) mass is 346 g/mol. The minimum Gasteiger partial charge on any atom is -0.373 e. The van der Waals surface area contributed by atoms with Crippen LogP contribution in [0.1, 0.15) is 24.3 Å². The van der Waals surface area contributed by atoms with Crippen LogP contribution in [-0.2, 0) is 4.74 Å². The lowest BCUT2D eigenvalue weighted by atomic mass is 10.2. The van der Waals surface area contributed by atoms with Gasteiger partial charge in [-0.1, -0.05) is 6.07 Å². The van der Waals surface area contributed by atoms with Crippen molar-refractivity contribution < 1.29 is 13.9 Å². The minimum absolute atomic E-state index is 0.210. The SMILES string of the molecule is C[C@H]1CN(CCNC(=O)c2ccn(-c3cccc(F)c3)n2)C[C@H](C)O1. The van der Waals surface area contributed by atoms with Gasteiger partial charge in [-0.25, -0.2) is 9.07 Å². The highest BCUT2D eigenvalue weighted by Gasteiger charge is 2.21. The minimum atomic E-state index is -0.340. The summed E-state index contributed by atoms with van der Waals surface area (Å²) in [6.07, 6.45) is 2.07. The molecule has 1 aromatic carbocycles. The molecule has 7 heteroatoms. The largest absolute Gasteiger partial charge is 0.373 e. The number of carbonyl (C=O) groups excluding carboxylic acids is 1. The number of carbonyl (C=O) groups is 1. The predicted molar refractivity (Wildman–Crippen MR) is 92.3 cm³/mol. The number of amides is 1. The Kier molecular flexibility index (Phi) is 5.45. The highest BCUT2D eigenvalue weighted by atomic mass is 19.1. The van der Waals surface area contributed by atoms with E-state index in [0.29, 0.717) is 17.9 Å². The first-order valence-electron chi connectivity index (χ1n) is 8.49. The Balaban J connectivity index is 1.52. The predicted octanol–water partition coefficient (Wildman–Crippen LogP) is 1.85. The normalized spacial score (nSPS) is 21.2. The quantitative estimate of drug-likeness (QED) is 0.898. The van der Waals surface area contributed by atoms with Crippen LogP contribution < -0.4 is 5.32 Å². The van der Waals surface area contributed by atoms with E-state index < -0.39 is 0 Å². The van der Waals surface area contributed by atoms with Crippen LogP contribution in [0.5, 0.6) is 0 Å². The van der Waals surface area contributed by atoms with E-state index in [2.05, 4.69) is 29.2 Å². The number of aromatic nitrogens is 2. The summed E-state index contributed by atoms with van der Waals surface area (Å²) >= 11 is 0. The molecule has 0 aliphatic carbocycles. The van der Waals surface area contributed by atoms with Crippen molar-refractivity contribution >= 4 is 5.91 Å². The summed E-state index contributed by atoms with van der Waals surface area (Å²) in [5.74, 6) is -0.572. The molecule has 1 fully saturated rings. The summed E-state index contributed by atoms with van der Waals surface area (Å²) in [5.41, 5.74) is 0.892. The van der Waals surface area contributed by atoms with E-state index in [1.54, 1.807) is 24.4 Å². The Morgan fingerprint density at radius 2 is 2.08 bits per heavy atom. The molecule has 6 nitrogen and oxygen atoms in total. The zero-order valence-corrected chi connectivity index (χ0v) is 14.5. The molecule has 1 aliphatic heterocycles. The molecule has 1 saturated heterocycles. The second kappa shape index (κ2) is 7.76. The topological polar surface area (TPSA) is 59.4 Å². The van der Waals surface area contributed by atoms with E-state index in [4.69, 9.17) is 4.74 Å². The number of rotatable bonds is 5. The van der Waals surface area contributed by atoms with Crippen molar-refractivity contribution in [1.82, 2.24) is 20.0 Å². The molecule has 0 bridgehead atoms. The van der Waals surface area contributed by atoms with Gasteiger partial charge in [-0.15, -0.1) is 0 Å². The van der Waals surface area contributed by atoms with Gasteiger partial charge in [0.25, 0.3) is 5.91 Å². The van der Waals surface area contributed by atoms with E-state index in [0.717, 1.165) is 19.6 Å². The number of hydrogen-bond donors (Lipinski definition) is 1. The van der Waals surface area contributed by atoms with Crippen LogP contribution in [-0.4, -0.2) is 59.0 Å². The van der Waals surface area contributed by atoms with Crippen molar-refractivity contribution in [3.05, 3.63) is 48.0 Å². The van der Waals surface area contributed by atoms with Gasteiger partial charge in [-0.05, 0) is 38.1 Å². The lowest BCUT2D eigenvalue weighted by molar-refractivity contribution is -0.0672. The molecule has 1 aromatic heterocycles. The van der Waals surface area contributed by atoms with Crippen LogP contribution in [0.25, 0.3) is 5.69 Å². The van der Waals surface area contributed by atoms with Gasteiger partial charge in [0.15, 0.2) is 5.69 Å². The van der Waals surface area contributed by atoms with Crippen molar-refractivity contribution in [3.8, 4) is 5.69 Å². The zero-order chi connectivity index (χ0) is 17.8. The van der Waals surface area contributed by atoms with E-state index in [9.17, 15) is 9.18 Å². The molecule has 25 heavy (non-hydrogen) atoms. The zero-order valence-electron chi connectivity index (χ0n) is 14.5. The summed E-state index contributed by atoms with van der Waals surface area (Å²) in [6, 6.07) is 7.71. The smallest absolute Gasteiger partial charge is 0.271 e. The van der Waals surface area contributed by atoms with Crippen LogP contribution in [0.2, 0.25) is 0 Å². The molecule has 1 amide bonds. The van der Waals surface area contributed by atoms with Gasteiger partial charge in [0.1, 0.15) is 5.82 Å². The first-order valence-corrected chi connectivity index (χ1v) is 8.49. The van der Waals surface area contributed by atoms with Crippen molar-refractivity contribution in [1.29, 1.82) is 0 Å². The van der Waals surface area contributed by atoms with Crippen LogP contribution in [0, 0.1) is 5.82 Å². The van der Waals surface area contributed by atoms with Gasteiger partial charge in [-0.2, -0.15) is 5.10 Å². The van der Waals surface area contributed by atoms with Gasteiger partial charge in [-0.3, -0.25) is 9.69 Å². The Morgan fingerprint density at radius 1 is 1.32 bits per heavy atom. The first kappa shape index (κ1) is 17.6. The van der Waals surface area contributed by atoms with Crippen molar-refractivity contribution in [2.24, 2.45) is 0 Å². The maximum Gasteiger partial charge on any atom is 0.271 e. The van der Waals surface area contributed by atoms with E-state index in [-0.39, 0.29) is 23.9 Å². The molecule has 3 rings (SSSR count). The summed E-state index contributed by atoms with van der Waals surface area (Å²) < 4.78 is 20.5. The summed E-state index contributed by atoms with van der Waals surface area (Å²) in [4.78, 5) is 14.5. The third-order valence-electron chi connectivity index (χ3n) is 4.10. The Hall–Kier alpha value is -2.25. The number of nitrogens with one attached hydrogen (secondary N) is 1. The maximum absolute atomic E-state index is 13.3. The molecule has 1 aliphatic rings. The molecule has 2 atom stereocenters. The fraction of sp³-hybridized carbons (Fsp3) is 0.444.